The Morgan fingerprint density at radius 2 is 1.35 bits per heavy atom. The highest BCUT2D eigenvalue weighted by atomic mass is 16.1. The number of nitrogens with zero attached hydrogens (tertiary/aromatic N) is 2. The van der Waals surface area contributed by atoms with Crippen LogP contribution in [0, 0.1) is 0 Å². The largest absolute Gasteiger partial charge is 0.298 e. The second-order valence-corrected chi connectivity index (χ2v) is 6.29. The number of rotatable bonds is 3. The molecule has 3 heteroatoms. The zero-order valence-electron chi connectivity index (χ0n) is 14.0. The molecule has 3 aromatic carbocycles. The van der Waals surface area contributed by atoms with Gasteiger partial charge in [-0.1, -0.05) is 66.7 Å². The van der Waals surface area contributed by atoms with Crippen molar-refractivity contribution in [2.24, 2.45) is 0 Å². The zero-order chi connectivity index (χ0) is 17.5. The molecule has 0 amide bonds. The van der Waals surface area contributed by atoms with E-state index in [-0.39, 0.29) is 0 Å². The Bertz CT molecular complexity index is 1230. The van der Waals surface area contributed by atoms with E-state index >= 15 is 0 Å². The summed E-state index contributed by atoms with van der Waals surface area (Å²) in [6.45, 7) is 0. The Morgan fingerprint density at radius 1 is 0.692 bits per heavy atom. The van der Waals surface area contributed by atoms with Crippen molar-refractivity contribution in [2.75, 3.05) is 0 Å². The topological polar surface area (TPSA) is 26.4 Å². The van der Waals surface area contributed by atoms with Gasteiger partial charge in [-0.2, -0.15) is 0 Å². The number of para-hydroxylation sites is 2. The third-order valence-corrected chi connectivity index (χ3v) is 4.82. The summed E-state index contributed by atoms with van der Waals surface area (Å²) in [5.74, 6) is 0. The summed E-state index contributed by atoms with van der Waals surface area (Å²) < 4.78 is 4.32. The highest BCUT2D eigenvalue weighted by Gasteiger charge is 2.19. The fourth-order valence-electron chi connectivity index (χ4n) is 3.68. The first kappa shape index (κ1) is 14.7. The smallest absolute Gasteiger partial charge is 0.152 e. The van der Waals surface area contributed by atoms with Gasteiger partial charge in [-0.05, 0) is 24.3 Å². The summed E-state index contributed by atoms with van der Waals surface area (Å²) in [6, 6.07) is 30.7. The molecule has 26 heavy (non-hydrogen) atoms. The van der Waals surface area contributed by atoms with Crippen molar-refractivity contribution in [1.82, 2.24) is 9.20 Å². The van der Waals surface area contributed by atoms with Gasteiger partial charge in [0.15, 0.2) is 6.29 Å². The lowest BCUT2D eigenvalue weighted by Crippen LogP contribution is -2.04. The average molecular weight is 336 g/mol. The average Bonchev–Trinajstić information content (AvgIpc) is 3.24. The Morgan fingerprint density at radius 3 is 2.08 bits per heavy atom. The van der Waals surface area contributed by atoms with Crippen LogP contribution in [0.3, 0.4) is 0 Å². The molecule has 124 valence electrons. The molecule has 0 radical (unpaired) electrons. The van der Waals surface area contributed by atoms with E-state index in [2.05, 4.69) is 45.6 Å². The van der Waals surface area contributed by atoms with Gasteiger partial charge in [-0.15, -0.1) is 0 Å². The maximum absolute atomic E-state index is 11.9. The molecule has 0 saturated carbocycles. The van der Waals surface area contributed by atoms with Crippen LogP contribution in [0.2, 0.25) is 0 Å². The molecule has 2 aromatic heterocycles. The Kier molecular flexibility index (Phi) is 3.25. The number of carbonyl (C=O) groups is 1. The highest BCUT2D eigenvalue weighted by molar-refractivity contribution is 6.06. The van der Waals surface area contributed by atoms with Crippen molar-refractivity contribution in [3.05, 3.63) is 96.6 Å². The quantitative estimate of drug-likeness (QED) is 0.407. The summed E-state index contributed by atoms with van der Waals surface area (Å²) >= 11 is 0. The number of carbonyl (C=O) groups excluding carboxylic acids is 1. The third kappa shape index (κ3) is 2.04. The van der Waals surface area contributed by atoms with E-state index in [0.717, 1.165) is 45.2 Å². The van der Waals surface area contributed by atoms with Crippen molar-refractivity contribution in [3.8, 4) is 16.9 Å². The first-order valence-electron chi connectivity index (χ1n) is 8.59. The van der Waals surface area contributed by atoms with Crippen molar-refractivity contribution in [3.63, 3.8) is 0 Å². The fraction of sp³-hybridized carbons (Fsp3) is 0. The van der Waals surface area contributed by atoms with Crippen molar-refractivity contribution in [1.29, 1.82) is 0 Å². The molecule has 0 fully saturated rings. The number of hydrogen-bond donors (Lipinski definition) is 0. The van der Waals surface area contributed by atoms with E-state index in [0.29, 0.717) is 0 Å². The first-order chi connectivity index (χ1) is 12.9. The third-order valence-electron chi connectivity index (χ3n) is 4.82. The molecule has 0 bridgehead atoms. The Labute approximate surface area is 150 Å². The van der Waals surface area contributed by atoms with Crippen molar-refractivity contribution < 1.29 is 4.79 Å². The molecule has 0 atom stereocenters. The van der Waals surface area contributed by atoms with Gasteiger partial charge in [0.2, 0.25) is 0 Å². The van der Waals surface area contributed by atoms with Gasteiger partial charge in [0.05, 0.1) is 22.4 Å². The maximum atomic E-state index is 11.9. The van der Waals surface area contributed by atoms with Gasteiger partial charge in [0.25, 0.3) is 0 Å². The molecule has 0 N–H and O–H groups in total. The van der Waals surface area contributed by atoms with Crippen LogP contribution >= 0.6 is 0 Å². The van der Waals surface area contributed by atoms with Crippen LogP contribution in [-0.2, 0) is 0 Å². The predicted octanol–water partition coefficient (Wildman–Crippen LogP) is 5.36. The van der Waals surface area contributed by atoms with Crippen LogP contribution in [-0.4, -0.2) is 15.5 Å². The minimum absolute atomic E-state index is 0.729. The summed E-state index contributed by atoms with van der Waals surface area (Å²) in [4.78, 5) is 11.9. The van der Waals surface area contributed by atoms with Crippen LogP contribution in [0.25, 0.3) is 33.4 Å². The lowest BCUT2D eigenvalue weighted by molar-refractivity contribution is 0.112. The normalized spacial score (nSPS) is 11.2. The predicted molar refractivity (Wildman–Crippen MR) is 105 cm³/mol. The molecule has 2 heterocycles. The minimum atomic E-state index is 0.729. The number of aromatic nitrogens is 2. The summed E-state index contributed by atoms with van der Waals surface area (Å²) in [5.41, 5.74) is 5.90. The van der Waals surface area contributed by atoms with E-state index < -0.39 is 0 Å². The van der Waals surface area contributed by atoms with Gasteiger partial charge in [-0.3, -0.25) is 4.79 Å². The van der Waals surface area contributed by atoms with Crippen LogP contribution in [0.4, 0.5) is 0 Å². The van der Waals surface area contributed by atoms with Gasteiger partial charge >= 0.3 is 0 Å². The number of fused-ring (bicyclic) bond motifs is 3. The molecule has 5 aromatic rings. The molecule has 0 aliphatic heterocycles. The second-order valence-electron chi connectivity index (χ2n) is 6.29. The zero-order valence-corrected chi connectivity index (χ0v) is 14.0. The van der Waals surface area contributed by atoms with Gasteiger partial charge in [0.1, 0.15) is 0 Å². The molecular formula is C23H16N2O. The summed E-state index contributed by atoms with van der Waals surface area (Å²) in [7, 11) is 0. The van der Waals surface area contributed by atoms with Gasteiger partial charge in [-0.25, -0.2) is 9.20 Å². The number of aldehydes is 1. The van der Waals surface area contributed by atoms with Crippen LogP contribution in [0.15, 0.2) is 91.0 Å². The summed E-state index contributed by atoms with van der Waals surface area (Å²) in [6.07, 6.45) is 0.960. The Hall–Kier alpha value is -3.59. The maximum Gasteiger partial charge on any atom is 0.152 e. The summed E-state index contributed by atoms with van der Waals surface area (Å²) in [5, 5.41) is 0.974. The fourth-order valence-corrected chi connectivity index (χ4v) is 3.68. The second kappa shape index (κ2) is 5.74. The molecular weight excluding hydrogens is 320 g/mol. The van der Waals surface area contributed by atoms with Gasteiger partial charge in [0, 0.05) is 16.5 Å². The molecule has 5 rings (SSSR count). The van der Waals surface area contributed by atoms with E-state index in [1.807, 2.05) is 54.6 Å². The van der Waals surface area contributed by atoms with E-state index in [1.54, 1.807) is 0 Å². The van der Waals surface area contributed by atoms with Crippen LogP contribution in [0.5, 0.6) is 0 Å². The first-order valence-corrected chi connectivity index (χ1v) is 8.59. The molecule has 0 unspecified atom stereocenters. The van der Waals surface area contributed by atoms with Crippen molar-refractivity contribution in [2.45, 2.75) is 0 Å². The minimum Gasteiger partial charge on any atom is -0.298 e. The van der Waals surface area contributed by atoms with E-state index in [4.69, 9.17) is 0 Å². The van der Waals surface area contributed by atoms with Crippen LogP contribution in [0.1, 0.15) is 10.4 Å². The molecule has 0 aliphatic rings. The van der Waals surface area contributed by atoms with Crippen molar-refractivity contribution >= 4 is 22.7 Å². The van der Waals surface area contributed by atoms with Gasteiger partial charge < -0.3 is 0 Å². The lowest BCUT2D eigenvalue weighted by atomic mass is 10.1. The molecule has 3 nitrogen and oxygen atoms in total. The molecule has 0 aliphatic carbocycles. The number of benzene rings is 3. The SMILES string of the molecule is O=Cc1c2ccccc2n2c1cc(-c1ccccc1)n2-c1ccccc1. The highest BCUT2D eigenvalue weighted by Crippen LogP contribution is 2.33. The monoisotopic (exact) mass is 336 g/mol. The lowest BCUT2D eigenvalue weighted by Gasteiger charge is -2.12. The van der Waals surface area contributed by atoms with E-state index in [9.17, 15) is 4.79 Å². The Balaban J connectivity index is 1.99. The standard InChI is InChI=1S/C23H16N2O/c26-16-20-19-13-7-8-14-21(19)25-23(20)15-22(17-9-3-1-4-10-17)24(25)18-11-5-2-6-12-18/h1-16H. The van der Waals surface area contributed by atoms with Crippen LogP contribution < -0.4 is 0 Å². The molecule has 0 saturated heterocycles. The van der Waals surface area contributed by atoms with E-state index in [1.165, 1.54) is 0 Å². The number of hydrogen-bond acceptors (Lipinski definition) is 1. The molecule has 0 spiro atoms.